The average Bonchev–Trinajstić information content (AvgIpc) is 3.23. The van der Waals surface area contributed by atoms with Crippen LogP contribution in [-0.4, -0.2) is 30.7 Å². The van der Waals surface area contributed by atoms with Gasteiger partial charge < -0.3 is 19.9 Å². The number of hydrogen-bond donors (Lipinski definition) is 2. The first-order valence-electron chi connectivity index (χ1n) is 8.70. The molecule has 0 spiro atoms. The second-order valence-electron chi connectivity index (χ2n) is 6.39. The van der Waals surface area contributed by atoms with Crippen LogP contribution in [0.3, 0.4) is 0 Å². The minimum Gasteiger partial charge on any atom is -0.373 e. The van der Waals surface area contributed by atoms with E-state index in [9.17, 15) is 0 Å². The molecular formula is C19H24Cl2N4O. The zero-order valence-electron chi connectivity index (χ0n) is 15.0. The number of halogens is 2. The molecule has 2 atom stereocenters. The summed E-state index contributed by atoms with van der Waals surface area (Å²) in [5.74, 6) is 1.16. The number of hydrogen-bond acceptors (Lipinski definition) is 2. The zero-order valence-corrected chi connectivity index (χ0v) is 16.5. The Morgan fingerprint density at radius 1 is 1.27 bits per heavy atom. The van der Waals surface area contributed by atoms with Gasteiger partial charge in [0.05, 0.1) is 17.7 Å². The van der Waals surface area contributed by atoms with Gasteiger partial charge in [0.2, 0.25) is 0 Å². The lowest BCUT2D eigenvalue weighted by Gasteiger charge is -2.21. The molecule has 0 aliphatic carbocycles. The SMILES string of the molecule is CN=C(NCc1cc(Cl)c(Cl)n1C)NCC1CCOC1c1ccccc1. The monoisotopic (exact) mass is 394 g/mol. The van der Waals surface area contributed by atoms with Crippen LogP contribution in [0.4, 0.5) is 0 Å². The van der Waals surface area contributed by atoms with Crippen LogP contribution < -0.4 is 10.6 Å². The Labute approximate surface area is 164 Å². The Morgan fingerprint density at radius 2 is 2.04 bits per heavy atom. The van der Waals surface area contributed by atoms with Gasteiger partial charge in [0.25, 0.3) is 0 Å². The number of aliphatic imine (C=N–C) groups is 1. The average molecular weight is 395 g/mol. The quantitative estimate of drug-likeness (QED) is 0.599. The Hall–Kier alpha value is -1.69. The Balaban J connectivity index is 1.54. The second-order valence-corrected chi connectivity index (χ2v) is 7.16. The first-order valence-corrected chi connectivity index (χ1v) is 9.46. The van der Waals surface area contributed by atoms with Gasteiger partial charge in [-0.25, -0.2) is 0 Å². The van der Waals surface area contributed by atoms with Crippen molar-refractivity contribution in [3.8, 4) is 0 Å². The normalized spacial score (nSPS) is 20.4. The minimum atomic E-state index is 0.132. The Kier molecular flexibility index (Phi) is 6.46. The molecule has 2 aromatic rings. The largest absolute Gasteiger partial charge is 0.373 e. The number of aromatic nitrogens is 1. The fraction of sp³-hybridized carbons (Fsp3) is 0.421. The standard InChI is InChI=1S/C19H24Cl2N4O/c1-22-19(24-12-15-10-16(20)18(21)25(15)2)23-11-14-8-9-26-17(14)13-6-4-3-5-7-13/h3-7,10,14,17H,8-9,11-12H2,1-2H3,(H2,22,23,24). The Morgan fingerprint density at radius 3 is 2.69 bits per heavy atom. The summed E-state index contributed by atoms with van der Waals surface area (Å²) >= 11 is 12.2. The van der Waals surface area contributed by atoms with E-state index in [2.05, 4.69) is 39.9 Å². The summed E-state index contributed by atoms with van der Waals surface area (Å²) in [4.78, 5) is 4.30. The maximum atomic E-state index is 6.11. The lowest BCUT2D eigenvalue weighted by Crippen LogP contribution is -2.40. The van der Waals surface area contributed by atoms with E-state index < -0.39 is 0 Å². The van der Waals surface area contributed by atoms with Crippen LogP contribution >= 0.6 is 23.2 Å². The topological polar surface area (TPSA) is 50.6 Å². The van der Waals surface area contributed by atoms with Crippen LogP contribution in [-0.2, 0) is 18.3 Å². The van der Waals surface area contributed by atoms with E-state index in [0.717, 1.165) is 31.2 Å². The molecule has 1 fully saturated rings. The molecule has 1 aromatic heterocycles. The van der Waals surface area contributed by atoms with Crippen molar-refractivity contribution in [3.63, 3.8) is 0 Å². The molecule has 26 heavy (non-hydrogen) atoms. The van der Waals surface area contributed by atoms with Gasteiger partial charge >= 0.3 is 0 Å². The highest BCUT2D eigenvalue weighted by atomic mass is 35.5. The van der Waals surface area contributed by atoms with E-state index >= 15 is 0 Å². The van der Waals surface area contributed by atoms with Gasteiger partial charge in [-0.05, 0) is 18.1 Å². The van der Waals surface area contributed by atoms with Crippen molar-refractivity contribution < 1.29 is 4.74 Å². The predicted octanol–water partition coefficient (Wildman–Crippen LogP) is 3.77. The highest BCUT2D eigenvalue weighted by Gasteiger charge is 2.29. The van der Waals surface area contributed by atoms with Crippen molar-refractivity contribution in [1.29, 1.82) is 0 Å². The fourth-order valence-corrected chi connectivity index (χ4v) is 3.65. The van der Waals surface area contributed by atoms with E-state index in [0.29, 0.717) is 22.6 Å². The van der Waals surface area contributed by atoms with Gasteiger partial charge in [-0.2, -0.15) is 0 Å². The second kappa shape index (κ2) is 8.80. The first-order chi connectivity index (χ1) is 12.6. The first kappa shape index (κ1) is 19.1. The van der Waals surface area contributed by atoms with Crippen molar-refractivity contribution in [2.24, 2.45) is 18.0 Å². The van der Waals surface area contributed by atoms with Gasteiger partial charge in [0.15, 0.2) is 5.96 Å². The lowest BCUT2D eigenvalue weighted by molar-refractivity contribution is 0.0915. The molecule has 0 bridgehead atoms. The Bertz CT molecular complexity index is 760. The van der Waals surface area contributed by atoms with Crippen molar-refractivity contribution in [2.75, 3.05) is 20.2 Å². The zero-order chi connectivity index (χ0) is 18.5. The van der Waals surface area contributed by atoms with Crippen molar-refractivity contribution in [1.82, 2.24) is 15.2 Å². The van der Waals surface area contributed by atoms with E-state index in [1.165, 1.54) is 5.56 Å². The number of nitrogens with zero attached hydrogens (tertiary/aromatic N) is 2. The van der Waals surface area contributed by atoms with E-state index in [4.69, 9.17) is 27.9 Å². The van der Waals surface area contributed by atoms with Gasteiger partial charge in [-0.15, -0.1) is 0 Å². The molecule has 3 rings (SSSR count). The fourth-order valence-electron chi connectivity index (χ4n) is 3.24. The third-order valence-electron chi connectivity index (χ3n) is 4.75. The number of ether oxygens (including phenoxy) is 1. The van der Waals surface area contributed by atoms with Gasteiger partial charge in [0.1, 0.15) is 5.15 Å². The molecule has 1 aliphatic heterocycles. The van der Waals surface area contributed by atoms with E-state index in [-0.39, 0.29) is 6.10 Å². The predicted molar refractivity (Wildman–Crippen MR) is 107 cm³/mol. The van der Waals surface area contributed by atoms with Gasteiger partial charge in [0, 0.05) is 38.9 Å². The molecule has 0 radical (unpaired) electrons. The van der Waals surface area contributed by atoms with E-state index in [1.54, 1.807) is 7.05 Å². The highest BCUT2D eigenvalue weighted by Crippen LogP contribution is 2.33. The van der Waals surface area contributed by atoms with E-state index in [1.807, 2.05) is 23.7 Å². The van der Waals surface area contributed by atoms with Crippen LogP contribution in [0.5, 0.6) is 0 Å². The van der Waals surface area contributed by atoms with Crippen LogP contribution in [0.2, 0.25) is 10.2 Å². The molecule has 0 saturated carbocycles. The van der Waals surface area contributed by atoms with Crippen LogP contribution in [0.25, 0.3) is 0 Å². The summed E-state index contributed by atoms with van der Waals surface area (Å²) < 4.78 is 7.81. The summed E-state index contributed by atoms with van der Waals surface area (Å²) in [5, 5.41) is 7.81. The smallest absolute Gasteiger partial charge is 0.191 e. The molecule has 2 N–H and O–H groups in total. The van der Waals surface area contributed by atoms with Crippen molar-refractivity contribution in [3.05, 3.63) is 57.8 Å². The molecule has 1 aliphatic rings. The van der Waals surface area contributed by atoms with Gasteiger partial charge in [-0.3, -0.25) is 4.99 Å². The maximum Gasteiger partial charge on any atom is 0.191 e. The van der Waals surface area contributed by atoms with Gasteiger partial charge in [-0.1, -0.05) is 53.5 Å². The molecule has 2 heterocycles. The molecular weight excluding hydrogens is 371 g/mol. The molecule has 5 nitrogen and oxygen atoms in total. The molecule has 140 valence electrons. The maximum absolute atomic E-state index is 6.11. The minimum absolute atomic E-state index is 0.132. The number of guanidine groups is 1. The number of benzene rings is 1. The lowest BCUT2D eigenvalue weighted by atomic mass is 9.95. The van der Waals surface area contributed by atoms with Crippen LogP contribution in [0, 0.1) is 5.92 Å². The highest BCUT2D eigenvalue weighted by molar-refractivity contribution is 6.41. The molecule has 2 unspecified atom stereocenters. The van der Waals surface area contributed by atoms with Crippen LogP contribution in [0.1, 0.15) is 23.8 Å². The van der Waals surface area contributed by atoms with Crippen molar-refractivity contribution >= 4 is 29.2 Å². The third kappa shape index (κ3) is 4.34. The summed E-state index contributed by atoms with van der Waals surface area (Å²) in [7, 11) is 3.65. The molecule has 1 saturated heterocycles. The summed E-state index contributed by atoms with van der Waals surface area (Å²) in [5.41, 5.74) is 2.22. The summed E-state index contributed by atoms with van der Waals surface area (Å²) in [6, 6.07) is 12.2. The molecule has 1 aromatic carbocycles. The molecule has 0 amide bonds. The van der Waals surface area contributed by atoms with Crippen LogP contribution in [0.15, 0.2) is 41.4 Å². The third-order valence-corrected chi connectivity index (χ3v) is 5.59. The number of rotatable bonds is 5. The summed E-state index contributed by atoms with van der Waals surface area (Å²) in [6.07, 6.45) is 1.17. The number of nitrogens with one attached hydrogen (secondary N) is 2. The van der Waals surface area contributed by atoms with Crippen molar-refractivity contribution in [2.45, 2.75) is 19.1 Å². The summed E-state index contributed by atoms with van der Waals surface area (Å²) in [6.45, 7) is 2.18. The molecule has 7 heteroatoms.